The first kappa shape index (κ1) is 13.7. The van der Waals surface area contributed by atoms with Crippen molar-refractivity contribution in [3.8, 4) is 0 Å². The zero-order valence-corrected chi connectivity index (χ0v) is 12.6. The maximum Gasteiger partial charge on any atom is 0.0465 e. The highest BCUT2D eigenvalue weighted by atomic mass is 35.5. The van der Waals surface area contributed by atoms with Crippen molar-refractivity contribution in [1.29, 1.82) is 0 Å². The molecule has 1 aliphatic heterocycles. The van der Waals surface area contributed by atoms with Gasteiger partial charge in [-0.25, -0.2) is 0 Å². The minimum Gasteiger partial charge on any atom is -0.310 e. The Kier molecular flexibility index (Phi) is 4.33. The first-order valence-corrected chi connectivity index (χ1v) is 7.89. The predicted octanol–water partition coefficient (Wildman–Crippen LogP) is 3.71. The fourth-order valence-corrected chi connectivity index (χ4v) is 3.30. The van der Waals surface area contributed by atoms with Gasteiger partial charge in [0.15, 0.2) is 0 Å². The van der Waals surface area contributed by atoms with Crippen molar-refractivity contribution in [2.75, 3.05) is 13.1 Å². The Morgan fingerprint density at radius 3 is 2.47 bits per heavy atom. The predicted molar refractivity (Wildman–Crippen MR) is 80.9 cm³/mol. The molecule has 2 nitrogen and oxygen atoms in total. The van der Waals surface area contributed by atoms with Crippen molar-refractivity contribution in [1.82, 2.24) is 10.2 Å². The summed E-state index contributed by atoms with van der Waals surface area (Å²) < 4.78 is 0. The lowest BCUT2D eigenvalue weighted by Crippen LogP contribution is -2.43. The van der Waals surface area contributed by atoms with Crippen LogP contribution in [-0.4, -0.2) is 30.1 Å². The number of benzene rings is 1. The van der Waals surface area contributed by atoms with E-state index in [0.29, 0.717) is 11.1 Å². The molecule has 2 aliphatic rings. The second kappa shape index (κ2) is 6.01. The molecule has 0 spiro atoms. The Morgan fingerprint density at radius 2 is 1.84 bits per heavy atom. The average Bonchev–Trinajstić information content (AvgIpc) is 3.23. The Morgan fingerprint density at radius 1 is 1.11 bits per heavy atom. The van der Waals surface area contributed by atoms with E-state index in [4.69, 9.17) is 23.2 Å². The molecule has 0 atom stereocenters. The van der Waals surface area contributed by atoms with Crippen LogP contribution in [0.25, 0.3) is 0 Å². The normalized spacial score (nSPS) is 21.8. The van der Waals surface area contributed by atoms with Crippen molar-refractivity contribution in [3.63, 3.8) is 0 Å². The molecule has 0 bridgehead atoms. The van der Waals surface area contributed by atoms with Crippen LogP contribution in [0.5, 0.6) is 0 Å². The van der Waals surface area contributed by atoms with Gasteiger partial charge < -0.3 is 10.2 Å². The summed E-state index contributed by atoms with van der Waals surface area (Å²) in [6.07, 6.45) is 5.33. The summed E-state index contributed by atoms with van der Waals surface area (Å²) in [5, 5.41) is 5.08. The first-order valence-electron chi connectivity index (χ1n) is 7.14. The maximum atomic E-state index is 6.19. The third-order valence-electron chi connectivity index (χ3n) is 4.19. The summed E-state index contributed by atoms with van der Waals surface area (Å²) in [4.78, 5) is 2.65. The molecule has 1 aliphatic carbocycles. The molecule has 1 aromatic carbocycles. The molecular formula is C15H20Cl2N2. The molecular weight excluding hydrogens is 279 g/mol. The second-order valence-electron chi connectivity index (χ2n) is 5.66. The van der Waals surface area contributed by atoms with E-state index in [0.717, 1.165) is 23.2 Å². The van der Waals surface area contributed by atoms with E-state index in [9.17, 15) is 0 Å². The fraction of sp³-hybridized carbons (Fsp3) is 0.600. The highest BCUT2D eigenvalue weighted by molar-refractivity contribution is 6.35. The van der Waals surface area contributed by atoms with Crippen LogP contribution in [0.1, 0.15) is 31.2 Å². The quantitative estimate of drug-likeness (QED) is 0.911. The number of hydrogen-bond acceptors (Lipinski definition) is 2. The molecule has 1 aromatic rings. The molecule has 1 saturated heterocycles. The lowest BCUT2D eigenvalue weighted by atomic mass is 10.0. The SMILES string of the molecule is Clc1ccc(CNC2CCN(C3CC3)CC2)c(Cl)c1. The molecule has 1 saturated carbocycles. The highest BCUT2D eigenvalue weighted by Gasteiger charge is 2.31. The molecule has 104 valence electrons. The number of halogens is 2. The van der Waals surface area contributed by atoms with Crippen molar-refractivity contribution in [2.24, 2.45) is 0 Å². The van der Waals surface area contributed by atoms with Crippen LogP contribution in [0.2, 0.25) is 10.0 Å². The van der Waals surface area contributed by atoms with Gasteiger partial charge in [-0.1, -0.05) is 29.3 Å². The Hall–Kier alpha value is -0.280. The minimum absolute atomic E-state index is 0.627. The minimum atomic E-state index is 0.627. The molecule has 1 heterocycles. The Bertz CT molecular complexity index is 438. The van der Waals surface area contributed by atoms with Gasteiger partial charge in [-0.3, -0.25) is 0 Å². The van der Waals surface area contributed by atoms with Gasteiger partial charge in [-0.05, 0) is 56.5 Å². The summed E-state index contributed by atoms with van der Waals surface area (Å²) >= 11 is 12.1. The Labute approximate surface area is 125 Å². The lowest BCUT2D eigenvalue weighted by molar-refractivity contribution is 0.189. The molecule has 2 fully saturated rings. The number of rotatable bonds is 4. The van der Waals surface area contributed by atoms with Gasteiger partial charge in [0, 0.05) is 28.7 Å². The van der Waals surface area contributed by atoms with Crippen LogP contribution in [0.4, 0.5) is 0 Å². The topological polar surface area (TPSA) is 15.3 Å². The van der Waals surface area contributed by atoms with Gasteiger partial charge in [0.05, 0.1) is 0 Å². The number of likely N-dealkylation sites (tertiary alicyclic amines) is 1. The molecule has 0 aromatic heterocycles. The Balaban J connectivity index is 1.47. The zero-order valence-electron chi connectivity index (χ0n) is 11.0. The summed E-state index contributed by atoms with van der Waals surface area (Å²) in [5.41, 5.74) is 1.13. The largest absolute Gasteiger partial charge is 0.310 e. The van der Waals surface area contributed by atoms with Crippen LogP contribution < -0.4 is 5.32 Å². The van der Waals surface area contributed by atoms with E-state index < -0.39 is 0 Å². The van der Waals surface area contributed by atoms with Crippen LogP contribution in [0, 0.1) is 0 Å². The van der Waals surface area contributed by atoms with E-state index in [1.807, 2.05) is 18.2 Å². The van der Waals surface area contributed by atoms with Gasteiger partial charge in [0.25, 0.3) is 0 Å². The highest BCUT2D eigenvalue weighted by Crippen LogP contribution is 2.29. The van der Waals surface area contributed by atoms with Gasteiger partial charge in [0.1, 0.15) is 0 Å². The van der Waals surface area contributed by atoms with Crippen LogP contribution in [0.3, 0.4) is 0 Å². The monoisotopic (exact) mass is 298 g/mol. The summed E-state index contributed by atoms with van der Waals surface area (Å²) in [6.45, 7) is 3.33. The number of nitrogens with one attached hydrogen (secondary N) is 1. The standard InChI is InChI=1S/C15H20Cl2N2/c16-12-2-1-11(15(17)9-12)10-18-13-5-7-19(8-6-13)14-3-4-14/h1-2,9,13-14,18H,3-8,10H2. The number of piperidine rings is 1. The molecule has 0 amide bonds. The van der Waals surface area contributed by atoms with E-state index in [1.54, 1.807) is 0 Å². The van der Waals surface area contributed by atoms with E-state index in [1.165, 1.54) is 38.8 Å². The summed E-state index contributed by atoms with van der Waals surface area (Å²) in [5.74, 6) is 0. The molecule has 1 N–H and O–H groups in total. The van der Waals surface area contributed by atoms with Gasteiger partial charge in [-0.2, -0.15) is 0 Å². The van der Waals surface area contributed by atoms with Crippen molar-refractivity contribution >= 4 is 23.2 Å². The van der Waals surface area contributed by atoms with Crippen LogP contribution in [-0.2, 0) is 6.54 Å². The van der Waals surface area contributed by atoms with E-state index in [-0.39, 0.29) is 0 Å². The molecule has 19 heavy (non-hydrogen) atoms. The second-order valence-corrected chi connectivity index (χ2v) is 6.50. The summed E-state index contributed by atoms with van der Waals surface area (Å²) in [6, 6.07) is 7.26. The fourth-order valence-electron chi connectivity index (χ4n) is 2.83. The zero-order chi connectivity index (χ0) is 13.2. The van der Waals surface area contributed by atoms with Gasteiger partial charge in [0.2, 0.25) is 0 Å². The van der Waals surface area contributed by atoms with Crippen LogP contribution in [0.15, 0.2) is 18.2 Å². The third kappa shape index (κ3) is 3.63. The number of hydrogen-bond donors (Lipinski definition) is 1. The maximum absolute atomic E-state index is 6.19. The molecule has 3 rings (SSSR count). The smallest absolute Gasteiger partial charge is 0.0465 e. The third-order valence-corrected chi connectivity index (χ3v) is 4.78. The van der Waals surface area contributed by atoms with Crippen LogP contribution >= 0.6 is 23.2 Å². The van der Waals surface area contributed by atoms with E-state index >= 15 is 0 Å². The summed E-state index contributed by atoms with van der Waals surface area (Å²) in [7, 11) is 0. The van der Waals surface area contributed by atoms with Gasteiger partial charge >= 0.3 is 0 Å². The van der Waals surface area contributed by atoms with Crippen molar-refractivity contribution < 1.29 is 0 Å². The van der Waals surface area contributed by atoms with Gasteiger partial charge in [-0.15, -0.1) is 0 Å². The average molecular weight is 299 g/mol. The molecule has 0 radical (unpaired) electrons. The molecule has 4 heteroatoms. The number of nitrogens with zero attached hydrogens (tertiary/aromatic N) is 1. The first-order chi connectivity index (χ1) is 9.22. The van der Waals surface area contributed by atoms with Crippen molar-refractivity contribution in [3.05, 3.63) is 33.8 Å². The lowest BCUT2D eigenvalue weighted by Gasteiger charge is -2.32. The van der Waals surface area contributed by atoms with Crippen molar-refractivity contribution in [2.45, 2.75) is 44.3 Å². The molecule has 0 unspecified atom stereocenters. The van der Waals surface area contributed by atoms with E-state index in [2.05, 4.69) is 10.2 Å².